The molecule has 3 aromatic carbocycles. The number of hydrogen-bond donors (Lipinski definition) is 0. The number of aryl methyl sites for hydroxylation is 2. The maximum absolute atomic E-state index is 12.6. The third kappa shape index (κ3) is 14.5. The van der Waals surface area contributed by atoms with Crippen LogP contribution in [0, 0.1) is 13.8 Å². The molecular weight excluding hydrogens is 640 g/mol. The van der Waals surface area contributed by atoms with Crippen molar-refractivity contribution in [3.8, 4) is 23.0 Å². The van der Waals surface area contributed by atoms with Gasteiger partial charge in [-0.2, -0.15) is 0 Å². The fraction of sp³-hybridized carbons (Fsp3) is 0.250. The molecule has 0 spiro atoms. The highest BCUT2D eigenvalue weighted by Crippen LogP contribution is 2.29. The lowest BCUT2D eigenvalue weighted by Gasteiger charge is -2.11. The minimum Gasteiger partial charge on any atom is -0.494 e. The summed E-state index contributed by atoms with van der Waals surface area (Å²) in [6.45, 7) is 11.8. The topological polar surface area (TPSA) is 124 Å². The van der Waals surface area contributed by atoms with Crippen molar-refractivity contribution in [2.24, 2.45) is 0 Å². The number of benzene rings is 3. The molecule has 50 heavy (non-hydrogen) atoms. The zero-order valence-electron chi connectivity index (χ0n) is 28.4. The fourth-order valence-electron chi connectivity index (χ4n) is 4.35. The van der Waals surface area contributed by atoms with Gasteiger partial charge in [0.15, 0.2) is 0 Å². The largest absolute Gasteiger partial charge is 0.494 e. The Labute approximate surface area is 292 Å². The van der Waals surface area contributed by atoms with Gasteiger partial charge in [-0.3, -0.25) is 0 Å². The van der Waals surface area contributed by atoms with Crippen molar-refractivity contribution in [3.63, 3.8) is 0 Å². The molecule has 0 aliphatic rings. The summed E-state index contributed by atoms with van der Waals surface area (Å²) in [7, 11) is 0. The van der Waals surface area contributed by atoms with Crippen LogP contribution in [0.5, 0.6) is 23.0 Å². The number of carbonyl (C=O) groups is 4. The van der Waals surface area contributed by atoms with Gasteiger partial charge >= 0.3 is 23.9 Å². The lowest BCUT2D eigenvalue weighted by molar-refractivity contribution is -0.138. The minimum atomic E-state index is -0.558. The van der Waals surface area contributed by atoms with Crippen LogP contribution in [0.15, 0.2) is 98.1 Å². The van der Waals surface area contributed by atoms with Gasteiger partial charge in [0.05, 0.1) is 26.4 Å². The van der Waals surface area contributed by atoms with E-state index in [-0.39, 0.29) is 0 Å². The summed E-state index contributed by atoms with van der Waals surface area (Å²) in [6, 6.07) is 17.8. The summed E-state index contributed by atoms with van der Waals surface area (Å²) < 4.78 is 32.3. The highest BCUT2D eigenvalue weighted by molar-refractivity contribution is 5.90. The highest BCUT2D eigenvalue weighted by atomic mass is 16.5. The van der Waals surface area contributed by atoms with Gasteiger partial charge in [0, 0.05) is 24.3 Å². The fourth-order valence-corrected chi connectivity index (χ4v) is 4.35. The number of unbranched alkanes of at least 4 members (excludes halogenated alkanes) is 2. The summed E-state index contributed by atoms with van der Waals surface area (Å²) in [5.74, 6) is 0.0989. The Bertz CT molecular complexity index is 1640. The SMILES string of the molecule is C=CC(=O)OCCCCOc1ccc(/C=C/C(=O)Oc2cc(C)c(OC(=O)/C=C/c3ccc(OCCCCOC(=O)C=C)cc3)c(C)c2)cc1. The molecule has 0 aliphatic carbocycles. The van der Waals surface area contributed by atoms with Crippen LogP contribution in [0.3, 0.4) is 0 Å². The normalized spacial score (nSPS) is 10.8. The van der Waals surface area contributed by atoms with E-state index >= 15 is 0 Å². The van der Waals surface area contributed by atoms with E-state index in [1.807, 2.05) is 24.3 Å². The molecule has 0 aliphatic heterocycles. The summed E-state index contributed by atoms with van der Waals surface area (Å²) >= 11 is 0. The van der Waals surface area contributed by atoms with Crippen LogP contribution < -0.4 is 18.9 Å². The molecule has 0 saturated carbocycles. The summed E-state index contributed by atoms with van der Waals surface area (Å²) in [4.78, 5) is 47.1. The van der Waals surface area contributed by atoms with E-state index in [2.05, 4.69) is 13.2 Å². The van der Waals surface area contributed by atoms with Crippen LogP contribution in [0.1, 0.15) is 47.9 Å². The molecule has 10 nitrogen and oxygen atoms in total. The smallest absolute Gasteiger partial charge is 0.336 e. The standard InChI is InChI=1S/C40H42O10/c1-5-36(41)47-25-9-7-23-45-33-17-11-31(12-18-33)15-21-38(43)49-35-27-29(3)40(30(4)28-35)50-39(44)22-16-32-13-19-34(20-14-32)46-24-8-10-26-48-37(42)6-2/h5-6,11-22,27-28H,1-2,7-10,23-26H2,3-4H3/b21-15+,22-16+. The van der Waals surface area contributed by atoms with Gasteiger partial charge in [-0.25, -0.2) is 19.2 Å². The Morgan fingerprint density at radius 2 is 0.940 bits per heavy atom. The van der Waals surface area contributed by atoms with Crippen LogP contribution in [0.25, 0.3) is 12.2 Å². The van der Waals surface area contributed by atoms with E-state index in [0.717, 1.165) is 36.1 Å². The Hall–Kier alpha value is -5.90. The number of carbonyl (C=O) groups excluding carboxylic acids is 4. The lowest BCUT2D eigenvalue weighted by Crippen LogP contribution is -2.08. The second-order valence-corrected chi connectivity index (χ2v) is 10.9. The van der Waals surface area contributed by atoms with E-state index in [1.54, 1.807) is 62.4 Å². The Morgan fingerprint density at radius 3 is 1.36 bits per heavy atom. The monoisotopic (exact) mass is 682 g/mol. The molecule has 0 aromatic heterocycles. The van der Waals surface area contributed by atoms with Crippen LogP contribution in [0.2, 0.25) is 0 Å². The molecule has 0 saturated heterocycles. The van der Waals surface area contributed by atoms with E-state index < -0.39 is 23.9 Å². The van der Waals surface area contributed by atoms with Crippen LogP contribution >= 0.6 is 0 Å². The third-order valence-electron chi connectivity index (χ3n) is 6.88. The minimum absolute atomic E-state index is 0.319. The maximum Gasteiger partial charge on any atom is 0.336 e. The van der Waals surface area contributed by atoms with Gasteiger partial charge in [0.25, 0.3) is 0 Å². The summed E-state index contributed by atoms with van der Waals surface area (Å²) in [5, 5.41) is 0. The van der Waals surface area contributed by atoms with Crippen molar-refractivity contribution in [2.45, 2.75) is 39.5 Å². The molecule has 0 unspecified atom stereocenters. The molecule has 3 rings (SSSR count). The average molecular weight is 683 g/mol. The molecule has 262 valence electrons. The van der Waals surface area contributed by atoms with E-state index in [0.29, 0.717) is 73.4 Å². The van der Waals surface area contributed by atoms with Crippen molar-refractivity contribution in [3.05, 3.63) is 120 Å². The first kappa shape index (κ1) is 38.5. The Kier molecular flexibility index (Phi) is 16.3. The number of rotatable bonds is 20. The predicted molar refractivity (Wildman–Crippen MR) is 190 cm³/mol. The van der Waals surface area contributed by atoms with Crippen molar-refractivity contribution in [1.82, 2.24) is 0 Å². The molecule has 0 bridgehead atoms. The van der Waals surface area contributed by atoms with Gasteiger partial charge in [0.1, 0.15) is 23.0 Å². The predicted octanol–water partition coefficient (Wildman–Crippen LogP) is 7.32. The molecule has 0 N–H and O–H groups in total. The van der Waals surface area contributed by atoms with Gasteiger partial charge in [-0.15, -0.1) is 0 Å². The van der Waals surface area contributed by atoms with Crippen molar-refractivity contribution in [2.75, 3.05) is 26.4 Å². The molecular formula is C40H42O10. The second-order valence-electron chi connectivity index (χ2n) is 10.9. The summed E-state index contributed by atoms with van der Waals surface area (Å²) in [6.07, 6.45) is 11.0. The van der Waals surface area contributed by atoms with Crippen LogP contribution in [0.4, 0.5) is 0 Å². The second kappa shape index (κ2) is 21.1. The lowest BCUT2D eigenvalue weighted by atomic mass is 10.1. The number of ether oxygens (including phenoxy) is 6. The Morgan fingerprint density at radius 1 is 0.540 bits per heavy atom. The molecule has 0 radical (unpaired) electrons. The zero-order valence-corrected chi connectivity index (χ0v) is 28.4. The quantitative estimate of drug-likeness (QED) is 0.0518. The first-order valence-electron chi connectivity index (χ1n) is 16.1. The van der Waals surface area contributed by atoms with E-state index in [4.69, 9.17) is 28.4 Å². The third-order valence-corrected chi connectivity index (χ3v) is 6.88. The van der Waals surface area contributed by atoms with Crippen molar-refractivity contribution < 1.29 is 47.6 Å². The van der Waals surface area contributed by atoms with Crippen LogP contribution in [-0.4, -0.2) is 50.3 Å². The molecule has 0 atom stereocenters. The maximum atomic E-state index is 12.6. The zero-order chi connectivity index (χ0) is 36.1. The van der Waals surface area contributed by atoms with Gasteiger partial charge < -0.3 is 28.4 Å². The number of hydrogen-bond acceptors (Lipinski definition) is 10. The van der Waals surface area contributed by atoms with E-state index in [9.17, 15) is 19.2 Å². The molecule has 0 amide bonds. The molecule has 10 heteroatoms. The first-order valence-corrected chi connectivity index (χ1v) is 16.1. The Balaban J connectivity index is 1.41. The molecule has 3 aromatic rings. The average Bonchev–Trinajstić information content (AvgIpc) is 3.11. The molecule has 0 heterocycles. The van der Waals surface area contributed by atoms with Crippen molar-refractivity contribution in [1.29, 1.82) is 0 Å². The molecule has 0 fully saturated rings. The van der Waals surface area contributed by atoms with E-state index in [1.165, 1.54) is 12.2 Å². The van der Waals surface area contributed by atoms with Crippen LogP contribution in [-0.2, 0) is 28.7 Å². The summed E-state index contributed by atoms with van der Waals surface area (Å²) in [5.41, 5.74) is 2.84. The number of esters is 4. The van der Waals surface area contributed by atoms with Gasteiger partial charge in [0.2, 0.25) is 0 Å². The van der Waals surface area contributed by atoms with Gasteiger partial charge in [-0.05, 0) is 110 Å². The highest BCUT2D eigenvalue weighted by Gasteiger charge is 2.12. The van der Waals surface area contributed by atoms with Crippen molar-refractivity contribution >= 4 is 36.0 Å². The van der Waals surface area contributed by atoms with Gasteiger partial charge in [-0.1, -0.05) is 37.4 Å². The first-order chi connectivity index (χ1) is 24.2.